The number of hydrogen-bond acceptors (Lipinski definition) is 3. The van der Waals surface area contributed by atoms with Crippen LogP contribution in [-0.2, 0) is 0 Å². The van der Waals surface area contributed by atoms with Crippen molar-refractivity contribution in [3.05, 3.63) is 66.0 Å². The summed E-state index contributed by atoms with van der Waals surface area (Å²) < 4.78 is 13.2. The number of aromatic nitrogens is 1. The number of carbonyl (C=O) groups excluding carboxylic acids is 1. The van der Waals surface area contributed by atoms with E-state index in [4.69, 9.17) is 0 Å². The van der Waals surface area contributed by atoms with Crippen molar-refractivity contribution < 1.29 is 9.18 Å². The minimum absolute atomic E-state index is 0.147. The van der Waals surface area contributed by atoms with E-state index in [1.165, 1.54) is 12.1 Å². The first-order chi connectivity index (χ1) is 12.2. The van der Waals surface area contributed by atoms with Gasteiger partial charge in [-0.25, -0.2) is 9.37 Å². The summed E-state index contributed by atoms with van der Waals surface area (Å²) >= 11 is 0. The lowest BCUT2D eigenvalue weighted by Gasteiger charge is -2.26. The van der Waals surface area contributed by atoms with Crippen LogP contribution < -0.4 is 5.32 Å². The highest BCUT2D eigenvalue weighted by Crippen LogP contribution is 2.27. The molecule has 0 radical (unpaired) electrons. The van der Waals surface area contributed by atoms with Gasteiger partial charge in [0.05, 0.1) is 11.2 Å². The molecule has 0 saturated carbocycles. The molecule has 1 aliphatic rings. The van der Waals surface area contributed by atoms with Crippen molar-refractivity contribution in [2.75, 3.05) is 13.1 Å². The molecule has 4 rings (SSSR count). The number of pyridine rings is 1. The van der Waals surface area contributed by atoms with Crippen LogP contribution in [0.2, 0.25) is 0 Å². The summed E-state index contributed by atoms with van der Waals surface area (Å²) in [5.41, 5.74) is 3.01. The number of nitrogens with one attached hydrogen (secondary N) is 1. The lowest BCUT2D eigenvalue weighted by molar-refractivity contribution is 0.0970. The number of nitrogens with zero attached hydrogens (tertiary/aromatic N) is 1. The molecule has 2 aromatic carbocycles. The van der Waals surface area contributed by atoms with Gasteiger partial charge < -0.3 is 5.32 Å². The fourth-order valence-electron chi connectivity index (χ4n) is 3.20. The number of benzene rings is 2. The molecule has 0 unspecified atom stereocenters. The number of halogens is 1. The Kier molecular flexibility index (Phi) is 4.28. The van der Waals surface area contributed by atoms with Gasteiger partial charge in [-0.1, -0.05) is 18.2 Å². The Balaban J connectivity index is 1.72. The van der Waals surface area contributed by atoms with Crippen LogP contribution in [0.1, 0.15) is 23.2 Å². The normalized spacial score (nSPS) is 14.4. The second-order valence-electron chi connectivity index (χ2n) is 6.57. The Labute approximate surface area is 145 Å². The molecule has 3 nitrogen and oxygen atoms in total. The first-order valence-electron chi connectivity index (χ1n) is 8.60. The molecule has 126 valence electrons. The van der Waals surface area contributed by atoms with E-state index in [0.29, 0.717) is 23.6 Å². The van der Waals surface area contributed by atoms with Crippen LogP contribution in [0.4, 0.5) is 4.39 Å². The summed E-state index contributed by atoms with van der Waals surface area (Å²) in [7, 11) is 0. The van der Waals surface area contributed by atoms with Crippen LogP contribution in [0.25, 0.3) is 22.2 Å². The lowest BCUT2D eigenvalue weighted by atomic mass is 9.93. The van der Waals surface area contributed by atoms with Crippen molar-refractivity contribution in [3.63, 3.8) is 0 Å². The standard InChI is InChI=1S/C21H19FN2O/c22-16-8-6-15(7-9-16)20-11-18(17-3-1-2-4-19(17)24-20)21(25)10-5-14-12-23-13-14/h1-4,6-9,11,14,23H,5,10,12-13H2. The van der Waals surface area contributed by atoms with Gasteiger partial charge in [-0.05, 0) is 61.8 Å². The van der Waals surface area contributed by atoms with Crippen LogP contribution in [0.15, 0.2) is 54.6 Å². The van der Waals surface area contributed by atoms with E-state index in [9.17, 15) is 9.18 Å². The maximum Gasteiger partial charge on any atom is 0.163 e. The van der Waals surface area contributed by atoms with Gasteiger partial charge in [-0.2, -0.15) is 0 Å². The van der Waals surface area contributed by atoms with E-state index < -0.39 is 0 Å². The largest absolute Gasteiger partial charge is 0.316 e. The molecule has 25 heavy (non-hydrogen) atoms. The van der Waals surface area contributed by atoms with E-state index in [0.717, 1.165) is 36.0 Å². The topological polar surface area (TPSA) is 42.0 Å². The van der Waals surface area contributed by atoms with Crippen molar-refractivity contribution in [2.45, 2.75) is 12.8 Å². The van der Waals surface area contributed by atoms with E-state index >= 15 is 0 Å². The lowest BCUT2D eigenvalue weighted by Crippen LogP contribution is -2.42. The van der Waals surface area contributed by atoms with Crippen molar-refractivity contribution in [1.82, 2.24) is 10.3 Å². The fraction of sp³-hybridized carbons (Fsp3) is 0.238. The smallest absolute Gasteiger partial charge is 0.163 e. The highest BCUT2D eigenvalue weighted by atomic mass is 19.1. The average molecular weight is 334 g/mol. The van der Waals surface area contributed by atoms with Crippen molar-refractivity contribution in [3.8, 4) is 11.3 Å². The van der Waals surface area contributed by atoms with Gasteiger partial charge in [0.25, 0.3) is 0 Å². The number of fused-ring (bicyclic) bond motifs is 1. The zero-order valence-corrected chi connectivity index (χ0v) is 13.8. The molecule has 1 N–H and O–H groups in total. The maximum absolute atomic E-state index is 13.2. The third kappa shape index (κ3) is 3.30. The zero-order valence-electron chi connectivity index (χ0n) is 13.8. The van der Waals surface area contributed by atoms with Crippen LogP contribution in [-0.4, -0.2) is 23.9 Å². The summed E-state index contributed by atoms with van der Waals surface area (Å²) in [6.45, 7) is 2.01. The van der Waals surface area contributed by atoms with E-state index in [-0.39, 0.29) is 11.6 Å². The van der Waals surface area contributed by atoms with Crippen molar-refractivity contribution in [1.29, 1.82) is 0 Å². The highest BCUT2D eigenvalue weighted by Gasteiger charge is 2.20. The van der Waals surface area contributed by atoms with Gasteiger partial charge >= 0.3 is 0 Å². The molecule has 0 aliphatic carbocycles. The van der Waals surface area contributed by atoms with Gasteiger partial charge in [0.1, 0.15) is 5.82 Å². The van der Waals surface area contributed by atoms with Gasteiger partial charge in [0, 0.05) is 22.9 Å². The summed E-state index contributed by atoms with van der Waals surface area (Å²) in [5, 5.41) is 4.12. The predicted octanol–water partition coefficient (Wildman–Crippen LogP) is 4.22. The van der Waals surface area contributed by atoms with Crippen molar-refractivity contribution in [2.24, 2.45) is 5.92 Å². The molecule has 1 aromatic heterocycles. The summed E-state index contributed by atoms with van der Waals surface area (Å²) in [4.78, 5) is 17.5. The maximum atomic E-state index is 13.2. The van der Waals surface area contributed by atoms with Crippen LogP contribution in [0.3, 0.4) is 0 Å². The molecule has 3 aromatic rings. The first kappa shape index (κ1) is 15.9. The molecule has 0 atom stereocenters. The van der Waals surface area contributed by atoms with E-state index in [2.05, 4.69) is 10.3 Å². The first-order valence-corrected chi connectivity index (χ1v) is 8.60. The Morgan fingerprint density at radius 2 is 1.88 bits per heavy atom. The number of carbonyl (C=O) groups is 1. The summed E-state index contributed by atoms with van der Waals surface area (Å²) in [6, 6.07) is 15.8. The SMILES string of the molecule is O=C(CCC1CNC1)c1cc(-c2ccc(F)cc2)nc2ccccc12. The average Bonchev–Trinajstić information content (AvgIpc) is 2.60. The van der Waals surface area contributed by atoms with Gasteiger partial charge in [-0.3, -0.25) is 4.79 Å². The van der Waals surface area contributed by atoms with Gasteiger partial charge in [0.2, 0.25) is 0 Å². The number of ketones is 1. The van der Waals surface area contributed by atoms with E-state index in [1.807, 2.05) is 30.3 Å². The van der Waals surface area contributed by atoms with Crippen LogP contribution in [0.5, 0.6) is 0 Å². The molecule has 1 aliphatic heterocycles. The Hall–Kier alpha value is -2.59. The highest BCUT2D eigenvalue weighted by molar-refractivity contribution is 6.08. The minimum Gasteiger partial charge on any atom is -0.316 e. The molecule has 2 heterocycles. The third-order valence-electron chi connectivity index (χ3n) is 4.80. The Morgan fingerprint density at radius 1 is 1.12 bits per heavy atom. The number of rotatable bonds is 5. The summed E-state index contributed by atoms with van der Waals surface area (Å²) in [6.07, 6.45) is 1.46. The van der Waals surface area contributed by atoms with Gasteiger partial charge in [-0.15, -0.1) is 0 Å². The second-order valence-corrected chi connectivity index (χ2v) is 6.57. The summed E-state index contributed by atoms with van der Waals surface area (Å²) in [5.74, 6) is 0.470. The Morgan fingerprint density at radius 3 is 2.60 bits per heavy atom. The number of para-hydroxylation sites is 1. The zero-order chi connectivity index (χ0) is 17.2. The monoisotopic (exact) mass is 334 g/mol. The molecule has 0 spiro atoms. The molecular formula is C21H19FN2O. The number of Topliss-reactive ketones (excluding diaryl/α,β-unsaturated/α-hetero) is 1. The molecule has 1 fully saturated rings. The second kappa shape index (κ2) is 6.73. The molecule has 4 heteroatoms. The van der Waals surface area contributed by atoms with Crippen LogP contribution >= 0.6 is 0 Å². The molecular weight excluding hydrogens is 315 g/mol. The van der Waals surface area contributed by atoms with Crippen LogP contribution in [0, 0.1) is 11.7 Å². The molecule has 0 amide bonds. The number of hydrogen-bond donors (Lipinski definition) is 1. The predicted molar refractivity (Wildman–Crippen MR) is 97.1 cm³/mol. The fourth-order valence-corrected chi connectivity index (χ4v) is 3.20. The Bertz CT molecular complexity index is 917. The molecule has 1 saturated heterocycles. The van der Waals surface area contributed by atoms with Gasteiger partial charge in [0.15, 0.2) is 5.78 Å². The quantitative estimate of drug-likeness (QED) is 0.710. The minimum atomic E-state index is -0.282. The molecule has 0 bridgehead atoms. The van der Waals surface area contributed by atoms with E-state index in [1.54, 1.807) is 12.1 Å². The third-order valence-corrected chi connectivity index (χ3v) is 4.80. The van der Waals surface area contributed by atoms with Crippen molar-refractivity contribution >= 4 is 16.7 Å².